The summed E-state index contributed by atoms with van der Waals surface area (Å²) in [6, 6.07) is 14.1. The molecule has 0 saturated carbocycles. The molecule has 1 unspecified atom stereocenters. The van der Waals surface area contributed by atoms with Crippen LogP contribution < -0.4 is 21.5 Å². The average molecular weight is 490 g/mol. The summed E-state index contributed by atoms with van der Waals surface area (Å²) in [6.07, 6.45) is 6.32. The molecule has 1 fully saturated rings. The molecule has 8 nitrogen and oxygen atoms in total. The molecule has 2 heterocycles. The number of halogens is 1. The van der Waals surface area contributed by atoms with Gasteiger partial charge in [-0.3, -0.25) is 14.2 Å². The monoisotopic (exact) mass is 489 g/mol. The van der Waals surface area contributed by atoms with Gasteiger partial charge >= 0.3 is 6.03 Å². The second-order valence-corrected chi connectivity index (χ2v) is 8.60. The highest BCUT2D eigenvalue weighted by Crippen LogP contribution is 2.50. The Kier molecular flexibility index (Phi) is 6.50. The predicted molar refractivity (Wildman–Crippen MR) is 134 cm³/mol. The fourth-order valence-corrected chi connectivity index (χ4v) is 5.26. The number of carbonyl (C=O) groups is 2. The van der Waals surface area contributed by atoms with Gasteiger partial charge in [-0.25, -0.2) is 9.18 Å². The topological polar surface area (TPSA) is 117 Å². The van der Waals surface area contributed by atoms with Gasteiger partial charge in [0.25, 0.3) is 11.5 Å². The number of urea groups is 1. The van der Waals surface area contributed by atoms with Crippen LogP contribution in [0.25, 0.3) is 5.69 Å². The van der Waals surface area contributed by atoms with Crippen LogP contribution in [0.1, 0.15) is 24.5 Å². The van der Waals surface area contributed by atoms with E-state index in [1.807, 2.05) is 0 Å². The number of quaternary nitrogens is 1. The van der Waals surface area contributed by atoms with E-state index in [0.717, 1.165) is 10.6 Å². The Labute approximate surface area is 207 Å². The van der Waals surface area contributed by atoms with E-state index in [1.165, 1.54) is 24.4 Å². The van der Waals surface area contributed by atoms with Crippen LogP contribution in [-0.4, -0.2) is 35.8 Å². The maximum Gasteiger partial charge on any atom is 0.420 e. The second-order valence-electron chi connectivity index (χ2n) is 8.60. The van der Waals surface area contributed by atoms with E-state index < -0.39 is 39.4 Å². The maximum absolute atomic E-state index is 15.5. The number of rotatable bonds is 6. The Morgan fingerprint density at radius 1 is 1.19 bits per heavy atom. The van der Waals surface area contributed by atoms with Crippen molar-refractivity contribution in [2.75, 3.05) is 13.2 Å². The lowest BCUT2D eigenvalue weighted by molar-refractivity contribution is -0.127. The number of terminal acetylenes is 1. The molecule has 1 saturated heterocycles. The van der Waals surface area contributed by atoms with Gasteiger partial charge in [-0.05, 0) is 43.3 Å². The summed E-state index contributed by atoms with van der Waals surface area (Å²) in [5, 5.41) is 0. The minimum absolute atomic E-state index is 0.00300. The van der Waals surface area contributed by atoms with Crippen molar-refractivity contribution >= 4 is 17.6 Å². The molecule has 1 aromatic heterocycles. The zero-order valence-corrected chi connectivity index (χ0v) is 19.7. The number of nitrogens with zero attached hydrogens (tertiary/aromatic N) is 2. The van der Waals surface area contributed by atoms with Gasteiger partial charge in [-0.1, -0.05) is 12.0 Å². The van der Waals surface area contributed by atoms with Gasteiger partial charge in [0.1, 0.15) is 24.2 Å². The molecule has 4 N–H and O–H groups in total. The van der Waals surface area contributed by atoms with Gasteiger partial charge in [-0.2, -0.15) is 4.48 Å². The van der Waals surface area contributed by atoms with Crippen LogP contribution in [0.3, 0.4) is 0 Å². The molecule has 1 aliphatic heterocycles. The number of carbonyl (C=O) groups excluding carboxylic acids is 2. The first-order valence-electron chi connectivity index (χ1n) is 11.4. The quantitative estimate of drug-likeness (QED) is 0.409. The third-order valence-electron chi connectivity index (χ3n) is 6.82. The van der Waals surface area contributed by atoms with Crippen LogP contribution in [-0.2, 0) is 15.1 Å². The molecule has 36 heavy (non-hydrogen) atoms. The predicted octanol–water partition coefficient (Wildman–Crippen LogP) is 2.53. The molecule has 0 radical (unpaired) electrons. The fraction of sp³-hybridized carbons (Fsp3) is 0.222. The van der Waals surface area contributed by atoms with Gasteiger partial charge in [-0.15, -0.1) is 6.42 Å². The minimum atomic E-state index is -1.79. The summed E-state index contributed by atoms with van der Waals surface area (Å²) < 4.78 is 21.8. The van der Waals surface area contributed by atoms with Crippen LogP contribution in [0.5, 0.6) is 0 Å². The van der Waals surface area contributed by atoms with Crippen molar-refractivity contribution in [1.82, 2.24) is 9.05 Å². The first-order valence-corrected chi connectivity index (χ1v) is 11.4. The lowest BCUT2D eigenvalue weighted by Gasteiger charge is -2.42. The lowest BCUT2D eigenvalue weighted by atomic mass is 9.83. The van der Waals surface area contributed by atoms with E-state index in [-0.39, 0.29) is 24.2 Å². The zero-order valence-electron chi connectivity index (χ0n) is 19.7. The highest BCUT2D eigenvalue weighted by Gasteiger charge is 2.68. The third-order valence-corrected chi connectivity index (χ3v) is 6.82. The Morgan fingerprint density at radius 2 is 1.92 bits per heavy atom. The van der Waals surface area contributed by atoms with Gasteiger partial charge in [0.15, 0.2) is 0 Å². The van der Waals surface area contributed by atoms with Crippen LogP contribution in [0.2, 0.25) is 0 Å². The Balaban J connectivity index is 1.99. The van der Waals surface area contributed by atoms with Crippen LogP contribution in [0.4, 0.5) is 14.9 Å². The summed E-state index contributed by atoms with van der Waals surface area (Å²) in [5.41, 5.74) is 10.9. The van der Waals surface area contributed by atoms with Crippen molar-refractivity contribution in [3.63, 3.8) is 0 Å². The number of hydrogen-bond acceptors (Lipinski definition) is 4. The summed E-state index contributed by atoms with van der Waals surface area (Å²) in [6.45, 7) is 2.11. The number of nitrogens with two attached hydrogens (primary N) is 2. The number of amides is 3. The molecular weight excluding hydrogens is 463 g/mol. The van der Waals surface area contributed by atoms with E-state index in [0.29, 0.717) is 17.9 Å². The van der Waals surface area contributed by atoms with Crippen LogP contribution in [0.15, 0.2) is 71.7 Å². The van der Waals surface area contributed by atoms with Gasteiger partial charge < -0.3 is 16.2 Å². The number of hydrogen-bond donors (Lipinski definition) is 2. The highest BCUT2D eigenvalue weighted by atomic mass is 19.1. The van der Waals surface area contributed by atoms with Crippen molar-refractivity contribution in [3.8, 4) is 18.0 Å². The van der Waals surface area contributed by atoms with E-state index in [9.17, 15) is 14.4 Å². The van der Waals surface area contributed by atoms with Crippen LogP contribution in [0, 0.1) is 18.2 Å². The van der Waals surface area contributed by atoms with Crippen molar-refractivity contribution in [2.24, 2.45) is 11.5 Å². The Hall–Kier alpha value is -4.26. The Morgan fingerprint density at radius 3 is 2.47 bits per heavy atom. The van der Waals surface area contributed by atoms with E-state index >= 15 is 4.39 Å². The minimum Gasteiger partial charge on any atom is -0.372 e. The largest absolute Gasteiger partial charge is 0.420 e. The molecule has 3 aromatic rings. The normalized spacial score (nSPS) is 23.2. The average Bonchev–Trinajstić information content (AvgIpc) is 3.22. The first-order chi connectivity index (χ1) is 17.2. The van der Waals surface area contributed by atoms with Crippen molar-refractivity contribution < 1.29 is 18.7 Å². The molecule has 9 heteroatoms. The SMILES string of the molecule is C#Cc1ccc([N+]2(C(N)=O)C[C@H](OCC)C[C@]2(C(N)=O)c2ccc(-n3ccccc3=O)c(F)c2)cc1. The molecule has 2 aromatic carbocycles. The molecule has 4 rings (SSSR count). The van der Waals surface area contributed by atoms with Gasteiger partial charge in [0.05, 0.1) is 5.69 Å². The van der Waals surface area contributed by atoms with E-state index in [2.05, 4.69) is 5.92 Å². The third kappa shape index (κ3) is 3.68. The summed E-state index contributed by atoms with van der Waals surface area (Å²) in [7, 11) is 0. The molecule has 0 aliphatic carbocycles. The van der Waals surface area contributed by atoms with E-state index in [1.54, 1.807) is 43.3 Å². The molecule has 184 valence electrons. The number of primary amides is 2. The van der Waals surface area contributed by atoms with Crippen molar-refractivity contribution in [3.05, 3.63) is 94.2 Å². The summed E-state index contributed by atoms with van der Waals surface area (Å²) in [5.74, 6) is 0.869. The smallest absolute Gasteiger partial charge is 0.372 e. The summed E-state index contributed by atoms with van der Waals surface area (Å²) >= 11 is 0. The zero-order chi connectivity index (χ0) is 26.1. The number of aromatic nitrogens is 1. The number of benzene rings is 2. The maximum atomic E-state index is 15.5. The van der Waals surface area contributed by atoms with Gasteiger partial charge in [0, 0.05) is 48.6 Å². The Bertz CT molecular complexity index is 1430. The highest BCUT2D eigenvalue weighted by molar-refractivity contribution is 5.99. The van der Waals surface area contributed by atoms with Crippen molar-refractivity contribution in [1.29, 1.82) is 0 Å². The fourth-order valence-electron chi connectivity index (χ4n) is 5.26. The molecule has 0 spiro atoms. The summed E-state index contributed by atoms with van der Waals surface area (Å²) in [4.78, 5) is 38.9. The first kappa shape index (κ1) is 24.9. The van der Waals surface area contributed by atoms with Crippen molar-refractivity contribution in [2.45, 2.75) is 25.0 Å². The lowest BCUT2D eigenvalue weighted by Crippen LogP contribution is -2.70. The van der Waals surface area contributed by atoms with E-state index in [4.69, 9.17) is 22.6 Å². The number of pyridine rings is 1. The standard InChI is InChI=1S/C27H25FN4O4/c1-3-18-8-11-20(12-9-18)32(26(30)35)17-21(36-4-2)16-27(32,25(29)34)19-10-13-23(22(28)15-19)31-14-6-5-7-24(31)33/h1,5-15,21H,4,16-17H2,2H3,(H3-,29,30,34,35)/p+1/t21-,27-,32?/m1/s1. The molecule has 0 bridgehead atoms. The van der Waals surface area contributed by atoms with Gasteiger partial charge in [0.2, 0.25) is 5.54 Å². The molecular formula is C27H26FN4O4+. The number of likely N-dealkylation sites (tertiary alicyclic amines) is 1. The molecule has 3 amide bonds. The number of ether oxygens (including phenoxy) is 1. The second kappa shape index (κ2) is 9.41. The van der Waals surface area contributed by atoms with Crippen LogP contribution >= 0.6 is 0 Å². The molecule has 1 aliphatic rings. The molecule has 3 atom stereocenters.